The SMILES string of the molecule is CC(C)Oc1ccc(NC(=O)C2CCN(S(=O)(=O)c3ccccc3)CC2)cc1. The number of nitrogens with one attached hydrogen (secondary N) is 1. The first kappa shape index (κ1) is 20.4. The fourth-order valence-corrected chi connectivity index (χ4v) is 4.72. The summed E-state index contributed by atoms with van der Waals surface area (Å²) in [6, 6.07) is 15.7. The molecule has 2 aromatic carbocycles. The molecule has 0 spiro atoms. The van der Waals surface area contributed by atoms with Crippen LogP contribution in [0.5, 0.6) is 5.75 Å². The lowest BCUT2D eigenvalue weighted by molar-refractivity contribution is -0.120. The molecule has 1 saturated heterocycles. The second-order valence-electron chi connectivity index (χ2n) is 7.17. The van der Waals surface area contributed by atoms with Gasteiger partial charge in [0.05, 0.1) is 11.0 Å². The lowest BCUT2D eigenvalue weighted by atomic mass is 9.97. The van der Waals surface area contributed by atoms with Crippen molar-refractivity contribution in [1.29, 1.82) is 0 Å². The van der Waals surface area contributed by atoms with E-state index in [9.17, 15) is 13.2 Å². The molecule has 28 heavy (non-hydrogen) atoms. The average molecular weight is 403 g/mol. The number of hydrogen-bond donors (Lipinski definition) is 1. The van der Waals surface area contributed by atoms with Gasteiger partial charge >= 0.3 is 0 Å². The molecule has 150 valence electrons. The van der Waals surface area contributed by atoms with E-state index in [1.807, 2.05) is 38.1 Å². The Kier molecular flexibility index (Phi) is 6.36. The van der Waals surface area contributed by atoms with E-state index in [0.717, 1.165) is 5.75 Å². The summed E-state index contributed by atoms with van der Waals surface area (Å²) in [6.07, 6.45) is 1.11. The molecule has 7 heteroatoms. The predicted octanol–water partition coefficient (Wildman–Crippen LogP) is 3.51. The number of carbonyl (C=O) groups excluding carboxylic acids is 1. The van der Waals surface area contributed by atoms with Gasteiger partial charge < -0.3 is 10.1 Å². The van der Waals surface area contributed by atoms with Crippen molar-refractivity contribution in [1.82, 2.24) is 4.31 Å². The van der Waals surface area contributed by atoms with Gasteiger partial charge in [-0.3, -0.25) is 4.79 Å². The third kappa shape index (κ3) is 4.91. The van der Waals surface area contributed by atoms with Crippen LogP contribution in [0.3, 0.4) is 0 Å². The molecule has 6 nitrogen and oxygen atoms in total. The fourth-order valence-electron chi connectivity index (χ4n) is 3.23. The molecule has 3 rings (SSSR count). The first-order valence-electron chi connectivity index (χ1n) is 9.49. The van der Waals surface area contributed by atoms with Crippen LogP contribution < -0.4 is 10.1 Å². The Morgan fingerprint density at radius 2 is 1.64 bits per heavy atom. The molecular weight excluding hydrogens is 376 g/mol. The van der Waals surface area contributed by atoms with E-state index in [4.69, 9.17) is 4.74 Å². The zero-order chi connectivity index (χ0) is 20.1. The van der Waals surface area contributed by atoms with Crippen molar-refractivity contribution in [2.45, 2.75) is 37.7 Å². The van der Waals surface area contributed by atoms with Crippen LogP contribution in [0.2, 0.25) is 0 Å². The van der Waals surface area contributed by atoms with Crippen molar-refractivity contribution in [2.24, 2.45) is 5.92 Å². The largest absolute Gasteiger partial charge is 0.491 e. The summed E-state index contributed by atoms with van der Waals surface area (Å²) in [5, 5.41) is 2.91. The van der Waals surface area contributed by atoms with Crippen LogP contribution >= 0.6 is 0 Å². The number of sulfonamides is 1. The number of benzene rings is 2. The average Bonchev–Trinajstić information content (AvgIpc) is 2.70. The first-order valence-corrected chi connectivity index (χ1v) is 10.9. The maximum Gasteiger partial charge on any atom is 0.243 e. The third-order valence-electron chi connectivity index (χ3n) is 4.70. The number of rotatable bonds is 6. The maximum atomic E-state index is 12.7. The quantitative estimate of drug-likeness (QED) is 0.802. The summed E-state index contributed by atoms with van der Waals surface area (Å²) in [4.78, 5) is 12.8. The monoisotopic (exact) mass is 402 g/mol. The molecule has 1 aliphatic heterocycles. The molecule has 0 bridgehead atoms. The number of nitrogens with zero attached hydrogens (tertiary/aromatic N) is 1. The molecule has 2 aromatic rings. The minimum absolute atomic E-state index is 0.0747. The van der Waals surface area contributed by atoms with Gasteiger partial charge in [-0.15, -0.1) is 0 Å². The van der Waals surface area contributed by atoms with Crippen LogP contribution in [0.1, 0.15) is 26.7 Å². The molecular formula is C21H26N2O4S. The van der Waals surface area contributed by atoms with Crippen LogP contribution in [-0.2, 0) is 14.8 Å². The van der Waals surface area contributed by atoms with Gasteiger partial charge in [0.2, 0.25) is 15.9 Å². The smallest absolute Gasteiger partial charge is 0.243 e. The molecule has 1 N–H and O–H groups in total. The number of hydrogen-bond acceptors (Lipinski definition) is 4. The summed E-state index contributed by atoms with van der Waals surface area (Å²) >= 11 is 0. The third-order valence-corrected chi connectivity index (χ3v) is 6.61. The molecule has 0 saturated carbocycles. The number of carbonyl (C=O) groups is 1. The highest BCUT2D eigenvalue weighted by atomic mass is 32.2. The molecule has 0 aromatic heterocycles. The van der Waals surface area contributed by atoms with E-state index < -0.39 is 10.0 Å². The zero-order valence-corrected chi connectivity index (χ0v) is 17.0. The number of piperidine rings is 1. The molecule has 1 fully saturated rings. The van der Waals surface area contributed by atoms with Gasteiger partial charge in [-0.1, -0.05) is 18.2 Å². The van der Waals surface area contributed by atoms with Gasteiger partial charge in [-0.2, -0.15) is 4.31 Å². The normalized spacial score (nSPS) is 16.1. The van der Waals surface area contributed by atoms with Gasteiger partial charge in [-0.25, -0.2) is 8.42 Å². The van der Waals surface area contributed by atoms with Crippen LogP contribution in [0, 0.1) is 5.92 Å². The Morgan fingerprint density at radius 3 is 2.21 bits per heavy atom. The Hall–Kier alpha value is -2.38. The van der Waals surface area contributed by atoms with E-state index in [1.54, 1.807) is 30.3 Å². The second-order valence-corrected chi connectivity index (χ2v) is 9.11. The Morgan fingerprint density at radius 1 is 1.04 bits per heavy atom. The highest BCUT2D eigenvalue weighted by molar-refractivity contribution is 7.89. The molecule has 0 radical (unpaired) electrons. The minimum Gasteiger partial charge on any atom is -0.491 e. The van der Waals surface area contributed by atoms with Gasteiger partial charge in [0.15, 0.2) is 0 Å². The van der Waals surface area contributed by atoms with Crippen LogP contribution in [0.4, 0.5) is 5.69 Å². The van der Waals surface area contributed by atoms with Crippen molar-refractivity contribution >= 4 is 21.6 Å². The molecule has 1 amide bonds. The van der Waals surface area contributed by atoms with Crippen LogP contribution in [0.25, 0.3) is 0 Å². The number of ether oxygens (including phenoxy) is 1. The van der Waals surface area contributed by atoms with E-state index in [1.165, 1.54) is 4.31 Å². The van der Waals surface area contributed by atoms with Crippen molar-refractivity contribution < 1.29 is 17.9 Å². The summed E-state index contributed by atoms with van der Waals surface area (Å²) in [6.45, 7) is 4.60. The van der Waals surface area contributed by atoms with Crippen molar-refractivity contribution in [3.63, 3.8) is 0 Å². The van der Waals surface area contributed by atoms with Crippen LogP contribution in [0.15, 0.2) is 59.5 Å². The summed E-state index contributed by atoms with van der Waals surface area (Å²) in [5.74, 6) is 0.482. The Bertz CT molecular complexity index is 888. The highest BCUT2D eigenvalue weighted by Gasteiger charge is 2.32. The number of amides is 1. The van der Waals surface area contributed by atoms with Gasteiger partial charge in [-0.05, 0) is 63.1 Å². The van der Waals surface area contributed by atoms with Gasteiger partial charge in [0, 0.05) is 24.7 Å². The lowest BCUT2D eigenvalue weighted by Crippen LogP contribution is -2.41. The molecule has 0 atom stereocenters. The summed E-state index contributed by atoms with van der Waals surface area (Å²) in [7, 11) is -3.50. The lowest BCUT2D eigenvalue weighted by Gasteiger charge is -2.30. The van der Waals surface area contributed by atoms with Crippen LogP contribution in [-0.4, -0.2) is 37.8 Å². The topological polar surface area (TPSA) is 75.7 Å². The van der Waals surface area contributed by atoms with E-state index in [2.05, 4.69) is 5.32 Å². The van der Waals surface area contributed by atoms with Crippen molar-refractivity contribution in [3.05, 3.63) is 54.6 Å². The second kappa shape index (κ2) is 8.75. The molecule has 1 heterocycles. The van der Waals surface area contributed by atoms with Crippen molar-refractivity contribution in [2.75, 3.05) is 18.4 Å². The Balaban J connectivity index is 1.55. The van der Waals surface area contributed by atoms with Gasteiger partial charge in [0.25, 0.3) is 0 Å². The first-order chi connectivity index (χ1) is 13.4. The zero-order valence-electron chi connectivity index (χ0n) is 16.2. The molecule has 1 aliphatic rings. The standard InChI is InChI=1S/C21H26N2O4S/c1-16(2)27-19-10-8-18(9-11-19)22-21(24)17-12-14-23(15-13-17)28(25,26)20-6-4-3-5-7-20/h3-11,16-17H,12-15H2,1-2H3,(H,22,24). The van der Waals surface area contributed by atoms with Crippen molar-refractivity contribution in [3.8, 4) is 5.75 Å². The number of anilines is 1. The molecule has 0 aliphatic carbocycles. The predicted molar refractivity (Wildman–Crippen MR) is 109 cm³/mol. The van der Waals surface area contributed by atoms with E-state index >= 15 is 0 Å². The summed E-state index contributed by atoms with van der Waals surface area (Å²) < 4.78 is 32.4. The Labute approximate surface area is 166 Å². The fraction of sp³-hybridized carbons (Fsp3) is 0.381. The molecule has 0 unspecified atom stereocenters. The highest BCUT2D eigenvalue weighted by Crippen LogP contribution is 2.25. The summed E-state index contributed by atoms with van der Waals surface area (Å²) in [5.41, 5.74) is 0.709. The maximum absolute atomic E-state index is 12.7. The minimum atomic E-state index is -3.50. The van der Waals surface area contributed by atoms with Gasteiger partial charge in [0.1, 0.15) is 5.75 Å². The van der Waals surface area contributed by atoms with E-state index in [-0.39, 0.29) is 17.9 Å². The van der Waals surface area contributed by atoms with E-state index in [0.29, 0.717) is 36.5 Å².